The van der Waals surface area contributed by atoms with Crippen molar-refractivity contribution in [3.63, 3.8) is 0 Å². The molecule has 8 heteroatoms. The van der Waals surface area contributed by atoms with Crippen molar-refractivity contribution in [1.82, 2.24) is 4.72 Å². The van der Waals surface area contributed by atoms with E-state index in [2.05, 4.69) is 10.0 Å². The highest BCUT2D eigenvalue weighted by Crippen LogP contribution is 2.22. The van der Waals surface area contributed by atoms with E-state index in [1.54, 1.807) is 6.07 Å². The Labute approximate surface area is 112 Å². The van der Waals surface area contributed by atoms with Gasteiger partial charge in [0.05, 0.1) is 5.69 Å². The molecule has 1 aromatic rings. The maximum absolute atomic E-state index is 11.6. The molecule has 0 atom stereocenters. The highest BCUT2D eigenvalue weighted by molar-refractivity contribution is 7.89. The first-order valence-electron chi connectivity index (χ1n) is 5.72. The monoisotopic (exact) mass is 286 g/mol. The zero-order valence-corrected chi connectivity index (χ0v) is 11.5. The first kappa shape index (κ1) is 15.3. The van der Waals surface area contributed by atoms with Gasteiger partial charge in [0, 0.05) is 18.7 Å². The van der Waals surface area contributed by atoms with E-state index >= 15 is 0 Å². The zero-order valence-electron chi connectivity index (χ0n) is 10.6. The molecular formula is C11H18N4O3S. The fraction of sp³-hybridized carbons (Fsp3) is 0.364. The van der Waals surface area contributed by atoms with Crippen LogP contribution in [0.1, 0.15) is 12.8 Å². The van der Waals surface area contributed by atoms with E-state index in [9.17, 15) is 13.2 Å². The highest BCUT2D eigenvalue weighted by atomic mass is 32.2. The molecule has 1 amide bonds. The van der Waals surface area contributed by atoms with Crippen LogP contribution < -0.4 is 21.5 Å². The quantitative estimate of drug-likeness (QED) is 0.409. The van der Waals surface area contributed by atoms with Crippen LogP contribution in [-0.4, -0.2) is 27.9 Å². The molecule has 0 spiro atoms. The van der Waals surface area contributed by atoms with E-state index in [0.29, 0.717) is 25.1 Å². The average Bonchev–Trinajstić information content (AvgIpc) is 2.34. The Kier molecular flexibility index (Phi) is 5.13. The van der Waals surface area contributed by atoms with Gasteiger partial charge >= 0.3 is 0 Å². The molecule has 0 saturated carbocycles. The van der Waals surface area contributed by atoms with Gasteiger partial charge in [-0.25, -0.2) is 13.1 Å². The second kappa shape index (κ2) is 6.39. The lowest BCUT2D eigenvalue weighted by Gasteiger charge is -2.10. The van der Waals surface area contributed by atoms with Crippen LogP contribution in [0, 0.1) is 0 Å². The summed E-state index contributed by atoms with van der Waals surface area (Å²) in [6.07, 6.45) is 0.903. The number of rotatable bonds is 7. The lowest BCUT2D eigenvalue weighted by atomic mass is 10.2. The van der Waals surface area contributed by atoms with Crippen molar-refractivity contribution in [3.05, 3.63) is 18.2 Å². The third-order valence-electron chi connectivity index (χ3n) is 2.50. The fourth-order valence-corrected chi connectivity index (χ4v) is 2.34. The molecule has 0 heterocycles. The summed E-state index contributed by atoms with van der Waals surface area (Å²) in [7, 11) is -2.22. The number of hydrogen-bond donors (Lipinski definition) is 4. The van der Waals surface area contributed by atoms with Crippen LogP contribution in [0.25, 0.3) is 0 Å². The second-order valence-corrected chi connectivity index (χ2v) is 5.81. The number of sulfonamides is 1. The van der Waals surface area contributed by atoms with Crippen molar-refractivity contribution in [2.45, 2.75) is 17.7 Å². The van der Waals surface area contributed by atoms with E-state index in [4.69, 9.17) is 11.5 Å². The van der Waals surface area contributed by atoms with Crippen LogP contribution in [0.15, 0.2) is 23.1 Å². The molecule has 0 aliphatic carbocycles. The van der Waals surface area contributed by atoms with Crippen molar-refractivity contribution < 1.29 is 13.2 Å². The van der Waals surface area contributed by atoms with Crippen molar-refractivity contribution in [2.75, 3.05) is 24.6 Å². The number of carbonyl (C=O) groups excluding carboxylic acids is 1. The van der Waals surface area contributed by atoms with Gasteiger partial charge in [-0.3, -0.25) is 4.79 Å². The summed E-state index contributed by atoms with van der Waals surface area (Å²) < 4.78 is 25.4. The van der Waals surface area contributed by atoms with Crippen LogP contribution in [-0.2, 0) is 14.8 Å². The number of benzene rings is 1. The fourth-order valence-electron chi connectivity index (χ4n) is 1.51. The SMILES string of the molecule is CNS(=O)(=O)c1ccc(NCCCC(N)=O)cc1N. The van der Waals surface area contributed by atoms with Gasteiger partial charge in [-0.2, -0.15) is 0 Å². The van der Waals surface area contributed by atoms with Gasteiger partial charge in [-0.15, -0.1) is 0 Å². The zero-order chi connectivity index (χ0) is 14.5. The number of hydrogen-bond acceptors (Lipinski definition) is 5. The number of primary amides is 1. The number of amides is 1. The van der Waals surface area contributed by atoms with Crippen molar-refractivity contribution in [2.24, 2.45) is 5.73 Å². The molecule has 1 rings (SSSR count). The molecule has 0 saturated heterocycles. The van der Waals surface area contributed by atoms with E-state index < -0.39 is 10.0 Å². The molecule has 106 valence electrons. The minimum absolute atomic E-state index is 0.0395. The average molecular weight is 286 g/mol. The maximum atomic E-state index is 11.6. The van der Waals surface area contributed by atoms with Crippen LogP contribution >= 0.6 is 0 Å². The molecule has 0 fully saturated rings. The van der Waals surface area contributed by atoms with E-state index in [1.807, 2.05) is 0 Å². The number of anilines is 2. The normalized spacial score (nSPS) is 11.2. The summed E-state index contributed by atoms with van der Waals surface area (Å²) in [6.45, 7) is 0.556. The summed E-state index contributed by atoms with van der Waals surface area (Å²) in [5.41, 5.74) is 11.6. The van der Waals surface area contributed by atoms with Gasteiger partial charge in [-0.05, 0) is 31.7 Å². The standard InChI is InChI=1S/C11H18N4O3S/c1-14-19(17,18)10-5-4-8(7-9(10)12)15-6-2-3-11(13)16/h4-5,7,14-15H,2-3,6,12H2,1H3,(H2,13,16). The van der Waals surface area contributed by atoms with Gasteiger partial charge in [0.2, 0.25) is 15.9 Å². The molecule has 0 radical (unpaired) electrons. The summed E-state index contributed by atoms with van der Waals surface area (Å²) >= 11 is 0. The van der Waals surface area contributed by atoms with Crippen LogP contribution in [0.2, 0.25) is 0 Å². The first-order valence-corrected chi connectivity index (χ1v) is 7.20. The van der Waals surface area contributed by atoms with E-state index in [0.717, 1.165) is 0 Å². The Hall–Kier alpha value is -1.80. The predicted molar refractivity (Wildman–Crippen MR) is 74.0 cm³/mol. The Morgan fingerprint density at radius 2 is 2.05 bits per heavy atom. The molecule has 6 N–H and O–H groups in total. The summed E-state index contributed by atoms with van der Waals surface area (Å²) in [5.74, 6) is -0.350. The Morgan fingerprint density at radius 1 is 1.37 bits per heavy atom. The number of carbonyl (C=O) groups is 1. The Balaban J connectivity index is 2.70. The van der Waals surface area contributed by atoms with E-state index in [1.165, 1.54) is 19.2 Å². The molecule has 19 heavy (non-hydrogen) atoms. The minimum Gasteiger partial charge on any atom is -0.398 e. The molecule has 7 nitrogen and oxygen atoms in total. The summed E-state index contributed by atoms with van der Waals surface area (Å²) in [4.78, 5) is 10.6. The van der Waals surface area contributed by atoms with Gasteiger partial charge in [0.15, 0.2) is 0 Å². The third kappa shape index (κ3) is 4.42. The highest BCUT2D eigenvalue weighted by Gasteiger charge is 2.14. The largest absolute Gasteiger partial charge is 0.398 e. The lowest BCUT2D eigenvalue weighted by molar-refractivity contribution is -0.118. The van der Waals surface area contributed by atoms with E-state index in [-0.39, 0.29) is 16.5 Å². The number of nitrogens with two attached hydrogens (primary N) is 2. The van der Waals surface area contributed by atoms with Gasteiger partial charge in [0.1, 0.15) is 4.90 Å². The molecule has 0 aliphatic heterocycles. The first-order chi connectivity index (χ1) is 8.86. The molecule has 0 aliphatic rings. The molecule has 0 aromatic heterocycles. The lowest BCUT2D eigenvalue weighted by Crippen LogP contribution is -2.20. The van der Waals surface area contributed by atoms with Gasteiger partial charge < -0.3 is 16.8 Å². The number of nitrogen functional groups attached to an aromatic ring is 1. The van der Waals surface area contributed by atoms with Gasteiger partial charge in [0.25, 0.3) is 0 Å². The third-order valence-corrected chi connectivity index (χ3v) is 3.99. The van der Waals surface area contributed by atoms with Gasteiger partial charge in [-0.1, -0.05) is 0 Å². The smallest absolute Gasteiger partial charge is 0.242 e. The molecule has 1 aromatic carbocycles. The second-order valence-electron chi connectivity index (χ2n) is 3.96. The van der Waals surface area contributed by atoms with Crippen LogP contribution in [0.3, 0.4) is 0 Å². The molecule has 0 bridgehead atoms. The predicted octanol–water partition coefficient (Wildman–Crippen LogP) is -0.146. The maximum Gasteiger partial charge on any atom is 0.242 e. The molecular weight excluding hydrogens is 268 g/mol. The topological polar surface area (TPSA) is 127 Å². The summed E-state index contributed by atoms with van der Waals surface area (Å²) in [6, 6.07) is 4.58. The Morgan fingerprint density at radius 3 is 2.58 bits per heavy atom. The van der Waals surface area contributed by atoms with Crippen LogP contribution in [0.5, 0.6) is 0 Å². The van der Waals surface area contributed by atoms with Crippen LogP contribution in [0.4, 0.5) is 11.4 Å². The molecule has 0 unspecified atom stereocenters. The van der Waals surface area contributed by atoms with Crippen molar-refractivity contribution >= 4 is 27.3 Å². The summed E-state index contributed by atoms with van der Waals surface area (Å²) in [5, 5.41) is 3.03. The Bertz CT molecular complexity index is 557. The number of nitrogens with one attached hydrogen (secondary N) is 2. The minimum atomic E-state index is -3.55. The van der Waals surface area contributed by atoms with Crippen molar-refractivity contribution in [1.29, 1.82) is 0 Å². The van der Waals surface area contributed by atoms with Crippen molar-refractivity contribution in [3.8, 4) is 0 Å².